The van der Waals surface area contributed by atoms with Gasteiger partial charge in [-0.3, -0.25) is 4.79 Å². The van der Waals surface area contributed by atoms with Crippen LogP contribution in [0.3, 0.4) is 0 Å². The summed E-state index contributed by atoms with van der Waals surface area (Å²) in [5, 5.41) is 0. The van der Waals surface area contributed by atoms with E-state index in [2.05, 4.69) is 33.1 Å². The minimum atomic E-state index is -2.67. The van der Waals surface area contributed by atoms with Crippen molar-refractivity contribution in [2.75, 3.05) is 25.1 Å². The van der Waals surface area contributed by atoms with E-state index in [-0.39, 0.29) is 5.82 Å². The molecule has 0 spiro atoms. The number of aromatic nitrogens is 2. The number of carbonyl (C=O) groups is 1. The summed E-state index contributed by atoms with van der Waals surface area (Å²) in [4.78, 5) is 19.2. The van der Waals surface area contributed by atoms with Gasteiger partial charge in [0.1, 0.15) is 5.82 Å². The van der Waals surface area contributed by atoms with Gasteiger partial charge < -0.3 is 9.64 Å². The molecule has 1 aliphatic rings. The molecule has 0 N–H and O–H groups in total. The van der Waals surface area contributed by atoms with E-state index in [0.717, 1.165) is 55.5 Å². The van der Waals surface area contributed by atoms with Gasteiger partial charge in [0.25, 0.3) is 12.9 Å². The fourth-order valence-corrected chi connectivity index (χ4v) is 2.76. The van der Waals surface area contributed by atoms with Crippen LogP contribution in [0, 0.1) is 0 Å². The number of allylic oxidation sites excluding steroid dienone is 5. The van der Waals surface area contributed by atoms with Crippen LogP contribution >= 0.6 is 0 Å². The summed E-state index contributed by atoms with van der Waals surface area (Å²) in [6, 6.07) is 1.85. The van der Waals surface area contributed by atoms with Crippen LogP contribution in [0.4, 0.5) is 14.6 Å². The van der Waals surface area contributed by atoms with E-state index in [1.807, 2.05) is 32.1 Å². The number of hydrogen-bond donors (Lipinski definition) is 0. The summed E-state index contributed by atoms with van der Waals surface area (Å²) in [6.07, 6.45) is 5.12. The number of nitrogens with zero attached hydrogens (tertiary/aromatic N) is 3. The van der Waals surface area contributed by atoms with Crippen LogP contribution in [0.1, 0.15) is 64.4 Å². The van der Waals surface area contributed by atoms with E-state index in [9.17, 15) is 8.78 Å². The summed E-state index contributed by atoms with van der Waals surface area (Å²) in [5.74, 6) is 0.224. The number of alkyl halides is 2. The van der Waals surface area contributed by atoms with Gasteiger partial charge in [-0.05, 0) is 44.3 Å². The van der Waals surface area contributed by atoms with Gasteiger partial charge in [0.15, 0.2) is 5.82 Å². The molecule has 0 amide bonds. The normalized spacial score (nSPS) is 14.5. The third kappa shape index (κ3) is 8.13. The Balaban J connectivity index is 0.000000960. The number of hydrogen-bond acceptors (Lipinski definition) is 5. The lowest BCUT2D eigenvalue weighted by molar-refractivity contribution is -0.126. The minimum Gasteiger partial charge on any atom is -0.471 e. The minimum absolute atomic E-state index is 0.375. The van der Waals surface area contributed by atoms with Crippen molar-refractivity contribution in [1.29, 1.82) is 0 Å². The fourth-order valence-electron chi connectivity index (χ4n) is 2.76. The third-order valence-corrected chi connectivity index (χ3v) is 4.51. The zero-order chi connectivity index (χ0) is 21.8. The van der Waals surface area contributed by atoms with Crippen molar-refractivity contribution in [3.05, 3.63) is 47.5 Å². The van der Waals surface area contributed by atoms with Crippen molar-refractivity contribution in [3.8, 4) is 0 Å². The highest BCUT2D eigenvalue weighted by Gasteiger charge is 2.20. The van der Waals surface area contributed by atoms with Gasteiger partial charge in [-0.2, -0.15) is 0 Å². The van der Waals surface area contributed by atoms with Gasteiger partial charge in [-0.1, -0.05) is 37.6 Å². The molecule has 7 heteroatoms. The Kier molecular flexibility index (Phi) is 10.8. The smallest absolute Gasteiger partial charge is 0.297 e. The van der Waals surface area contributed by atoms with E-state index in [1.54, 1.807) is 0 Å². The first-order valence-electron chi connectivity index (χ1n) is 9.76. The SMILES string of the molecule is C=C(C)/C(C)=C\C=C(/CCC)c1cc(N2CCCC2)nc(C(F)F)n1.COC=O. The number of halogens is 2. The van der Waals surface area contributed by atoms with E-state index >= 15 is 0 Å². The van der Waals surface area contributed by atoms with Crippen molar-refractivity contribution in [2.45, 2.75) is 52.9 Å². The van der Waals surface area contributed by atoms with Crippen LogP contribution in [0.2, 0.25) is 0 Å². The topological polar surface area (TPSA) is 55.3 Å². The van der Waals surface area contributed by atoms with Crippen molar-refractivity contribution in [3.63, 3.8) is 0 Å². The van der Waals surface area contributed by atoms with Crippen LogP contribution < -0.4 is 4.90 Å². The first-order chi connectivity index (χ1) is 13.8. The molecule has 0 aliphatic carbocycles. The van der Waals surface area contributed by atoms with Crippen molar-refractivity contribution < 1.29 is 18.3 Å². The van der Waals surface area contributed by atoms with Crippen molar-refractivity contribution >= 4 is 17.9 Å². The molecule has 160 valence electrons. The second kappa shape index (κ2) is 12.8. The molecule has 0 radical (unpaired) electrons. The Bertz CT molecular complexity index is 740. The van der Waals surface area contributed by atoms with E-state index in [1.165, 1.54) is 7.11 Å². The average molecular weight is 408 g/mol. The van der Waals surface area contributed by atoms with E-state index in [0.29, 0.717) is 18.0 Å². The molecule has 0 saturated carbocycles. The lowest BCUT2D eigenvalue weighted by Crippen LogP contribution is -2.20. The molecule has 5 nitrogen and oxygen atoms in total. The van der Waals surface area contributed by atoms with Gasteiger partial charge >= 0.3 is 0 Å². The highest BCUT2D eigenvalue weighted by molar-refractivity contribution is 5.67. The number of methoxy groups -OCH3 is 1. The van der Waals surface area contributed by atoms with Crippen LogP contribution in [0.5, 0.6) is 0 Å². The molecule has 0 bridgehead atoms. The number of carbonyl (C=O) groups excluding carboxylic acids is 1. The first-order valence-corrected chi connectivity index (χ1v) is 9.76. The fraction of sp³-hybridized carbons (Fsp3) is 0.500. The van der Waals surface area contributed by atoms with Gasteiger partial charge in [-0.15, -0.1) is 0 Å². The van der Waals surface area contributed by atoms with E-state index in [4.69, 9.17) is 4.79 Å². The highest BCUT2D eigenvalue weighted by atomic mass is 19.3. The monoisotopic (exact) mass is 407 g/mol. The lowest BCUT2D eigenvalue weighted by Gasteiger charge is -2.18. The molecule has 0 unspecified atom stereocenters. The van der Waals surface area contributed by atoms with Gasteiger partial charge in [-0.25, -0.2) is 18.7 Å². The number of anilines is 1. The molecule has 1 aliphatic heterocycles. The Morgan fingerprint density at radius 1 is 1.28 bits per heavy atom. The van der Waals surface area contributed by atoms with Gasteiger partial charge in [0.05, 0.1) is 12.8 Å². The number of ether oxygens (including phenoxy) is 1. The number of rotatable bonds is 8. The zero-order valence-electron chi connectivity index (χ0n) is 17.8. The molecule has 0 aromatic carbocycles. The van der Waals surface area contributed by atoms with Gasteiger partial charge in [0.2, 0.25) is 0 Å². The maximum Gasteiger partial charge on any atom is 0.297 e. The summed E-state index contributed by atoms with van der Waals surface area (Å²) in [7, 11) is 1.31. The molecule has 2 heterocycles. The first kappa shape index (κ1) is 24.5. The molecule has 1 saturated heterocycles. The van der Waals surface area contributed by atoms with Crippen LogP contribution in [-0.2, 0) is 9.53 Å². The van der Waals surface area contributed by atoms with Crippen LogP contribution in [-0.4, -0.2) is 36.6 Å². The summed E-state index contributed by atoms with van der Waals surface area (Å²) < 4.78 is 30.5. The Morgan fingerprint density at radius 2 is 1.90 bits per heavy atom. The van der Waals surface area contributed by atoms with Crippen molar-refractivity contribution in [2.24, 2.45) is 0 Å². The summed E-state index contributed by atoms with van der Waals surface area (Å²) in [5.41, 5.74) is 3.60. The second-order valence-electron chi connectivity index (χ2n) is 6.87. The van der Waals surface area contributed by atoms with E-state index < -0.39 is 6.43 Å². The zero-order valence-corrected chi connectivity index (χ0v) is 17.8. The predicted molar refractivity (Wildman–Crippen MR) is 113 cm³/mol. The molecule has 2 rings (SSSR count). The molecule has 1 aromatic rings. The molecule has 1 aromatic heterocycles. The Morgan fingerprint density at radius 3 is 2.38 bits per heavy atom. The molecule has 1 fully saturated rings. The molecule has 29 heavy (non-hydrogen) atoms. The third-order valence-electron chi connectivity index (χ3n) is 4.51. The molecular formula is C22H31F2N3O2. The van der Waals surface area contributed by atoms with Gasteiger partial charge in [0, 0.05) is 19.2 Å². The maximum absolute atomic E-state index is 13.3. The maximum atomic E-state index is 13.3. The highest BCUT2D eigenvalue weighted by Crippen LogP contribution is 2.27. The summed E-state index contributed by atoms with van der Waals surface area (Å²) in [6.45, 7) is 12.0. The summed E-state index contributed by atoms with van der Waals surface area (Å²) >= 11 is 0. The second-order valence-corrected chi connectivity index (χ2v) is 6.87. The molecule has 0 atom stereocenters. The Labute approximate surface area is 172 Å². The standard InChI is InChI=1S/C20H27F2N3.C2H4O2/c1-5-8-16(10-9-15(4)14(2)3)17-13-18(25-11-6-7-12-25)24-20(23-17)19(21)22;1-4-2-3/h9-10,13,19H,2,5-8,11-12H2,1,3-4H3;2H,1H3/b15-9-,16-10+;. The molecular weight excluding hydrogens is 376 g/mol. The predicted octanol–water partition coefficient (Wildman–Crippen LogP) is 5.51. The quantitative estimate of drug-likeness (QED) is 0.420. The average Bonchev–Trinajstić information content (AvgIpc) is 3.25. The van der Waals surface area contributed by atoms with Crippen LogP contribution in [0.25, 0.3) is 5.57 Å². The van der Waals surface area contributed by atoms with Crippen molar-refractivity contribution in [1.82, 2.24) is 9.97 Å². The van der Waals surface area contributed by atoms with Crippen LogP contribution in [0.15, 0.2) is 35.9 Å². The largest absolute Gasteiger partial charge is 0.471 e. The Hall–Kier alpha value is -2.57. The lowest BCUT2D eigenvalue weighted by atomic mass is 10.0.